The number of carbonyl (C=O) groups is 2. The van der Waals surface area contributed by atoms with Crippen LogP contribution in [-0.2, 0) is 21.9 Å². The van der Waals surface area contributed by atoms with Gasteiger partial charge in [0.1, 0.15) is 6.04 Å². The number of nitrogens with zero attached hydrogens (tertiary/aromatic N) is 1. The largest absolute Gasteiger partial charge is 0.355 e. The lowest BCUT2D eigenvalue weighted by Crippen LogP contribution is -2.48. The molecule has 2 rings (SSSR count). The molecule has 2 amide bonds. The van der Waals surface area contributed by atoms with Gasteiger partial charge in [-0.05, 0) is 44.0 Å². The Bertz CT molecular complexity index is 795. The van der Waals surface area contributed by atoms with E-state index in [4.69, 9.17) is 0 Å². The third kappa shape index (κ3) is 6.99. The minimum absolute atomic E-state index is 0.0316. The van der Waals surface area contributed by atoms with Gasteiger partial charge in [-0.2, -0.15) is 0 Å². The van der Waals surface area contributed by atoms with E-state index in [0.29, 0.717) is 18.8 Å². The van der Waals surface area contributed by atoms with Crippen molar-refractivity contribution in [2.75, 3.05) is 12.3 Å². The molecule has 0 fully saturated rings. The third-order valence-electron chi connectivity index (χ3n) is 4.38. The molecule has 0 aliphatic rings. The topological polar surface area (TPSA) is 49.4 Å². The number of hydrogen-bond acceptors (Lipinski definition) is 3. The molecule has 0 radical (unpaired) electrons. The Balaban J connectivity index is 2.04. The molecule has 0 bridgehead atoms. The first-order valence-electron chi connectivity index (χ1n) is 9.35. The summed E-state index contributed by atoms with van der Waals surface area (Å²) in [6.07, 6.45) is 0. The molecule has 6 heteroatoms. The second-order valence-electron chi connectivity index (χ2n) is 6.70. The average molecular weight is 463 g/mol. The van der Waals surface area contributed by atoms with Crippen LogP contribution in [0.15, 0.2) is 53.0 Å². The van der Waals surface area contributed by atoms with Crippen LogP contribution >= 0.6 is 27.7 Å². The van der Waals surface area contributed by atoms with E-state index >= 15 is 0 Å². The quantitative estimate of drug-likeness (QED) is 0.594. The lowest BCUT2D eigenvalue weighted by atomic mass is 10.1. The van der Waals surface area contributed by atoms with Gasteiger partial charge in [-0.1, -0.05) is 57.9 Å². The molecule has 0 aliphatic carbocycles. The van der Waals surface area contributed by atoms with E-state index in [1.807, 2.05) is 31.2 Å². The summed E-state index contributed by atoms with van der Waals surface area (Å²) < 4.78 is 0.955. The number of nitrogens with one attached hydrogen (secondary N) is 1. The number of carbonyl (C=O) groups excluding carboxylic acids is 2. The fourth-order valence-electron chi connectivity index (χ4n) is 2.76. The fourth-order valence-corrected chi connectivity index (χ4v) is 4.08. The SMILES string of the molecule is CCNC(=O)[C@@H](C)N(Cc1cccc(Br)c1)C(=O)CSCc1ccc(C)cc1. The molecule has 2 aromatic rings. The molecule has 0 saturated carbocycles. The highest BCUT2D eigenvalue weighted by Gasteiger charge is 2.25. The van der Waals surface area contributed by atoms with Crippen LogP contribution in [0, 0.1) is 6.92 Å². The van der Waals surface area contributed by atoms with Gasteiger partial charge in [-0.15, -0.1) is 11.8 Å². The summed E-state index contributed by atoms with van der Waals surface area (Å²) in [5.74, 6) is 0.947. The van der Waals surface area contributed by atoms with Crippen molar-refractivity contribution >= 4 is 39.5 Å². The molecule has 0 aliphatic heterocycles. The van der Waals surface area contributed by atoms with Crippen molar-refractivity contribution in [3.05, 3.63) is 69.7 Å². The minimum Gasteiger partial charge on any atom is -0.355 e. The predicted molar refractivity (Wildman–Crippen MR) is 120 cm³/mol. The van der Waals surface area contributed by atoms with Crippen molar-refractivity contribution in [3.8, 4) is 0 Å². The first kappa shape index (κ1) is 22.5. The molecule has 28 heavy (non-hydrogen) atoms. The van der Waals surface area contributed by atoms with Crippen molar-refractivity contribution in [2.45, 2.75) is 39.1 Å². The van der Waals surface area contributed by atoms with Crippen LogP contribution in [0.4, 0.5) is 0 Å². The van der Waals surface area contributed by atoms with Gasteiger partial charge in [0.05, 0.1) is 5.75 Å². The molecule has 0 aromatic heterocycles. The van der Waals surface area contributed by atoms with Crippen LogP contribution in [0.3, 0.4) is 0 Å². The summed E-state index contributed by atoms with van der Waals surface area (Å²) in [5.41, 5.74) is 3.40. The molecule has 1 atom stereocenters. The van der Waals surface area contributed by atoms with Crippen molar-refractivity contribution < 1.29 is 9.59 Å². The summed E-state index contributed by atoms with van der Waals surface area (Å²) in [5, 5.41) is 2.82. The number of hydrogen-bond donors (Lipinski definition) is 1. The number of thioether (sulfide) groups is 1. The minimum atomic E-state index is -0.522. The van der Waals surface area contributed by atoms with E-state index in [1.165, 1.54) is 11.1 Å². The van der Waals surface area contributed by atoms with Gasteiger partial charge < -0.3 is 10.2 Å². The van der Waals surface area contributed by atoms with E-state index in [0.717, 1.165) is 15.8 Å². The van der Waals surface area contributed by atoms with Gasteiger partial charge in [0.2, 0.25) is 11.8 Å². The lowest BCUT2D eigenvalue weighted by molar-refractivity contribution is -0.138. The normalized spacial score (nSPS) is 11.7. The Kier molecular flexibility index (Phi) is 9.06. The summed E-state index contributed by atoms with van der Waals surface area (Å²) in [6.45, 7) is 6.67. The second kappa shape index (κ2) is 11.3. The number of likely N-dealkylation sites (N-methyl/N-ethyl adjacent to an activating group) is 1. The standard InChI is InChI=1S/C22H27BrN2O2S/c1-4-24-22(27)17(3)25(13-19-6-5-7-20(23)12-19)21(26)15-28-14-18-10-8-16(2)9-11-18/h5-12,17H,4,13-15H2,1-3H3,(H,24,27)/t17-/m1/s1. The van der Waals surface area contributed by atoms with Crippen molar-refractivity contribution in [3.63, 3.8) is 0 Å². The first-order chi connectivity index (χ1) is 13.4. The maximum absolute atomic E-state index is 12.9. The molecule has 4 nitrogen and oxygen atoms in total. The van der Waals surface area contributed by atoms with Crippen molar-refractivity contribution in [1.82, 2.24) is 10.2 Å². The zero-order valence-electron chi connectivity index (χ0n) is 16.6. The third-order valence-corrected chi connectivity index (χ3v) is 5.86. The summed E-state index contributed by atoms with van der Waals surface area (Å²) >= 11 is 5.04. The van der Waals surface area contributed by atoms with Crippen molar-refractivity contribution in [1.29, 1.82) is 0 Å². The fraction of sp³-hybridized carbons (Fsp3) is 0.364. The number of aryl methyl sites for hydroxylation is 1. The van der Waals surface area contributed by atoms with Crippen LogP contribution < -0.4 is 5.32 Å². The van der Waals surface area contributed by atoms with Gasteiger partial charge in [-0.3, -0.25) is 9.59 Å². The van der Waals surface area contributed by atoms with Crippen LogP contribution in [0.1, 0.15) is 30.5 Å². The number of amides is 2. The molecule has 2 aromatic carbocycles. The highest BCUT2D eigenvalue weighted by Crippen LogP contribution is 2.18. The molecular weight excluding hydrogens is 436 g/mol. The average Bonchev–Trinajstić information content (AvgIpc) is 2.67. The molecule has 1 N–H and O–H groups in total. The Morgan fingerprint density at radius 3 is 2.50 bits per heavy atom. The summed E-state index contributed by atoms with van der Waals surface area (Å²) in [4.78, 5) is 27.0. The van der Waals surface area contributed by atoms with E-state index in [9.17, 15) is 9.59 Å². The van der Waals surface area contributed by atoms with Gasteiger partial charge in [-0.25, -0.2) is 0 Å². The number of halogens is 1. The van der Waals surface area contributed by atoms with Gasteiger partial charge in [0.15, 0.2) is 0 Å². The molecular formula is C22H27BrN2O2S. The molecule has 150 valence electrons. The van der Waals surface area contributed by atoms with Gasteiger partial charge in [0.25, 0.3) is 0 Å². The lowest BCUT2D eigenvalue weighted by Gasteiger charge is -2.28. The smallest absolute Gasteiger partial charge is 0.242 e. The van der Waals surface area contributed by atoms with E-state index in [-0.39, 0.29) is 11.8 Å². The Morgan fingerprint density at radius 2 is 1.86 bits per heavy atom. The van der Waals surface area contributed by atoms with Gasteiger partial charge >= 0.3 is 0 Å². The summed E-state index contributed by atoms with van der Waals surface area (Å²) in [7, 11) is 0. The number of rotatable bonds is 9. The Hall–Kier alpha value is -1.79. The van der Waals surface area contributed by atoms with Crippen LogP contribution in [0.2, 0.25) is 0 Å². The monoisotopic (exact) mass is 462 g/mol. The molecule has 0 unspecified atom stereocenters. The highest BCUT2D eigenvalue weighted by atomic mass is 79.9. The van der Waals surface area contributed by atoms with Gasteiger partial charge in [0, 0.05) is 23.3 Å². The Labute approximate surface area is 180 Å². The zero-order valence-corrected chi connectivity index (χ0v) is 19.0. The van der Waals surface area contributed by atoms with Crippen LogP contribution in [0.5, 0.6) is 0 Å². The van der Waals surface area contributed by atoms with Crippen molar-refractivity contribution in [2.24, 2.45) is 0 Å². The Morgan fingerprint density at radius 1 is 1.14 bits per heavy atom. The highest BCUT2D eigenvalue weighted by molar-refractivity contribution is 9.10. The number of benzene rings is 2. The summed E-state index contributed by atoms with van der Waals surface area (Å²) in [6, 6.07) is 15.6. The van der Waals surface area contributed by atoms with E-state index in [1.54, 1.807) is 23.6 Å². The van der Waals surface area contributed by atoms with Crippen LogP contribution in [0.25, 0.3) is 0 Å². The maximum atomic E-state index is 12.9. The van der Waals surface area contributed by atoms with E-state index in [2.05, 4.69) is 52.4 Å². The molecule has 0 spiro atoms. The second-order valence-corrected chi connectivity index (χ2v) is 8.60. The zero-order chi connectivity index (χ0) is 20.5. The molecule has 0 heterocycles. The predicted octanol–water partition coefficient (Wildman–Crippen LogP) is 4.54. The maximum Gasteiger partial charge on any atom is 0.242 e. The molecule has 0 saturated heterocycles. The van der Waals surface area contributed by atoms with E-state index < -0.39 is 6.04 Å². The first-order valence-corrected chi connectivity index (χ1v) is 11.3. The van der Waals surface area contributed by atoms with Crippen LogP contribution in [-0.4, -0.2) is 35.1 Å².